The number of aromatic nitrogens is 1. The molecule has 2 heterocycles. The Morgan fingerprint density at radius 1 is 1.34 bits per heavy atom. The van der Waals surface area contributed by atoms with Gasteiger partial charge in [0.2, 0.25) is 0 Å². The van der Waals surface area contributed by atoms with Crippen molar-refractivity contribution < 1.29 is 33.5 Å². The lowest BCUT2D eigenvalue weighted by Gasteiger charge is -2.28. The van der Waals surface area contributed by atoms with E-state index in [-0.39, 0.29) is 43.1 Å². The van der Waals surface area contributed by atoms with E-state index in [0.29, 0.717) is 18.7 Å². The number of rotatable bonds is 6. The summed E-state index contributed by atoms with van der Waals surface area (Å²) in [7, 11) is 0. The highest BCUT2D eigenvalue weighted by Gasteiger charge is 2.37. The molecular weight excluding hydrogens is 384 g/mol. The van der Waals surface area contributed by atoms with E-state index < -0.39 is 18.2 Å². The van der Waals surface area contributed by atoms with Crippen molar-refractivity contribution in [3.63, 3.8) is 0 Å². The van der Waals surface area contributed by atoms with Gasteiger partial charge < -0.3 is 24.0 Å². The van der Waals surface area contributed by atoms with Gasteiger partial charge in [-0.1, -0.05) is 5.16 Å². The third-order valence-electron chi connectivity index (χ3n) is 4.67. The first kappa shape index (κ1) is 22.5. The monoisotopic (exact) mass is 412 g/mol. The van der Waals surface area contributed by atoms with Crippen LogP contribution in [0.3, 0.4) is 0 Å². The number of hydrazine groups is 1. The van der Waals surface area contributed by atoms with Crippen molar-refractivity contribution >= 4 is 18.1 Å². The Morgan fingerprint density at radius 2 is 2.03 bits per heavy atom. The van der Waals surface area contributed by atoms with Gasteiger partial charge in [-0.15, -0.1) is 0 Å². The van der Waals surface area contributed by atoms with Crippen molar-refractivity contribution in [2.24, 2.45) is 0 Å². The van der Waals surface area contributed by atoms with Crippen molar-refractivity contribution in [3.05, 3.63) is 17.0 Å². The van der Waals surface area contributed by atoms with Crippen molar-refractivity contribution in [1.29, 1.82) is 0 Å². The smallest absolute Gasteiger partial charge is 0.429 e. The van der Waals surface area contributed by atoms with E-state index in [4.69, 9.17) is 14.0 Å². The Kier molecular flexibility index (Phi) is 7.82. The van der Waals surface area contributed by atoms with Gasteiger partial charge in [-0.05, 0) is 40.5 Å². The molecule has 0 aromatic carbocycles. The standard InChI is InChI=1S/C18H28N4O7/c1-5-27-17(25)19-22(18(26)28-6-2)12(4)15-14(11(3)20-29-15)16(24)21-9-7-8-13(21)10-23/h12-13,23H,5-10H2,1-4H3,(H,19,25)/t12-,13+/m1/s1. The van der Waals surface area contributed by atoms with E-state index in [1.807, 2.05) is 0 Å². The predicted octanol–water partition coefficient (Wildman–Crippen LogP) is 1.76. The minimum atomic E-state index is -0.909. The minimum absolute atomic E-state index is 0.0831. The van der Waals surface area contributed by atoms with E-state index in [2.05, 4.69) is 10.6 Å². The third-order valence-corrected chi connectivity index (χ3v) is 4.67. The molecule has 2 atom stereocenters. The highest BCUT2D eigenvalue weighted by molar-refractivity contribution is 5.96. The number of carbonyl (C=O) groups excluding carboxylic acids is 3. The van der Waals surface area contributed by atoms with Crippen LogP contribution in [0.15, 0.2) is 4.52 Å². The number of carbonyl (C=O) groups is 3. The maximum Gasteiger partial charge on any atom is 0.429 e. The molecule has 0 aliphatic carbocycles. The molecule has 2 N–H and O–H groups in total. The number of hydrogen-bond donors (Lipinski definition) is 2. The van der Waals surface area contributed by atoms with E-state index in [0.717, 1.165) is 11.4 Å². The van der Waals surface area contributed by atoms with Gasteiger partial charge in [0, 0.05) is 6.54 Å². The van der Waals surface area contributed by atoms with Gasteiger partial charge in [-0.3, -0.25) is 4.79 Å². The van der Waals surface area contributed by atoms with Crippen LogP contribution in [0.2, 0.25) is 0 Å². The lowest BCUT2D eigenvalue weighted by molar-refractivity contribution is 0.0512. The normalized spacial score (nSPS) is 17.0. The molecular formula is C18H28N4O7. The molecule has 29 heavy (non-hydrogen) atoms. The summed E-state index contributed by atoms with van der Waals surface area (Å²) in [5.74, 6) is -0.247. The Bertz CT molecular complexity index is 736. The van der Waals surface area contributed by atoms with Gasteiger partial charge in [-0.2, -0.15) is 0 Å². The number of aliphatic hydroxyl groups is 1. The van der Waals surface area contributed by atoms with Gasteiger partial charge >= 0.3 is 12.2 Å². The second-order valence-electron chi connectivity index (χ2n) is 6.56. The van der Waals surface area contributed by atoms with Gasteiger partial charge in [0.1, 0.15) is 11.6 Å². The molecule has 0 unspecified atom stereocenters. The Balaban J connectivity index is 2.34. The fourth-order valence-electron chi connectivity index (χ4n) is 3.24. The highest BCUT2D eigenvalue weighted by Crippen LogP contribution is 2.29. The number of nitrogens with zero attached hydrogens (tertiary/aromatic N) is 3. The molecule has 162 valence electrons. The molecule has 1 aromatic rings. The Hall–Kier alpha value is -2.82. The second-order valence-corrected chi connectivity index (χ2v) is 6.56. The maximum absolute atomic E-state index is 13.1. The fraction of sp³-hybridized carbons (Fsp3) is 0.667. The molecule has 0 bridgehead atoms. The number of hydrogen-bond acceptors (Lipinski definition) is 8. The minimum Gasteiger partial charge on any atom is -0.449 e. The SMILES string of the molecule is CCOC(=O)NN(C(=O)OCC)[C@H](C)c1onc(C)c1C(=O)N1CCC[C@H]1CO. The summed E-state index contributed by atoms with van der Waals surface area (Å²) in [6.45, 7) is 6.99. The Morgan fingerprint density at radius 3 is 2.66 bits per heavy atom. The first-order valence-electron chi connectivity index (χ1n) is 9.62. The number of ether oxygens (including phenoxy) is 2. The first-order chi connectivity index (χ1) is 13.8. The highest BCUT2D eigenvalue weighted by atomic mass is 16.6. The molecule has 11 nitrogen and oxygen atoms in total. The Labute approximate surface area is 168 Å². The molecule has 0 saturated carbocycles. The molecule has 0 spiro atoms. The van der Waals surface area contributed by atoms with Crippen molar-refractivity contribution in [2.45, 2.75) is 52.6 Å². The van der Waals surface area contributed by atoms with Crippen LogP contribution in [0.25, 0.3) is 0 Å². The van der Waals surface area contributed by atoms with E-state index in [1.54, 1.807) is 32.6 Å². The van der Waals surface area contributed by atoms with Crippen LogP contribution in [-0.4, -0.2) is 70.7 Å². The predicted molar refractivity (Wildman–Crippen MR) is 99.8 cm³/mol. The summed E-state index contributed by atoms with van der Waals surface area (Å²) in [5.41, 5.74) is 2.85. The van der Waals surface area contributed by atoms with E-state index in [1.165, 1.54) is 0 Å². The van der Waals surface area contributed by atoms with Crippen LogP contribution in [0, 0.1) is 6.92 Å². The largest absolute Gasteiger partial charge is 0.449 e. The quantitative estimate of drug-likeness (QED) is 0.675. The molecule has 1 aliphatic heterocycles. The lowest BCUT2D eigenvalue weighted by Crippen LogP contribution is -2.48. The summed E-state index contributed by atoms with van der Waals surface area (Å²) >= 11 is 0. The van der Waals surface area contributed by atoms with E-state index in [9.17, 15) is 19.5 Å². The zero-order chi connectivity index (χ0) is 21.6. The molecule has 1 saturated heterocycles. The summed E-state index contributed by atoms with van der Waals surface area (Å²) in [6.07, 6.45) is -0.200. The average Bonchev–Trinajstić information content (AvgIpc) is 3.31. The van der Waals surface area contributed by atoms with Gasteiger partial charge in [0.05, 0.1) is 31.6 Å². The van der Waals surface area contributed by atoms with Crippen molar-refractivity contribution in [2.75, 3.05) is 26.4 Å². The molecule has 11 heteroatoms. The first-order valence-corrected chi connectivity index (χ1v) is 9.62. The number of likely N-dealkylation sites (tertiary alicyclic amines) is 1. The van der Waals surface area contributed by atoms with Crippen LogP contribution in [-0.2, 0) is 9.47 Å². The van der Waals surface area contributed by atoms with Crippen LogP contribution in [0.4, 0.5) is 9.59 Å². The maximum atomic E-state index is 13.1. The third kappa shape index (κ3) is 4.97. The molecule has 3 amide bonds. The van der Waals surface area contributed by atoms with Crippen molar-refractivity contribution in [1.82, 2.24) is 20.5 Å². The molecule has 1 fully saturated rings. The average molecular weight is 412 g/mol. The van der Waals surface area contributed by atoms with E-state index >= 15 is 0 Å². The number of amides is 3. The summed E-state index contributed by atoms with van der Waals surface area (Å²) in [6, 6.07) is -1.19. The summed E-state index contributed by atoms with van der Waals surface area (Å²) in [4.78, 5) is 39.0. The summed E-state index contributed by atoms with van der Waals surface area (Å²) < 4.78 is 15.2. The number of nitrogens with one attached hydrogen (secondary N) is 1. The van der Waals surface area contributed by atoms with Crippen LogP contribution in [0.1, 0.15) is 61.5 Å². The zero-order valence-electron chi connectivity index (χ0n) is 17.1. The zero-order valence-corrected chi connectivity index (χ0v) is 17.1. The van der Waals surface area contributed by atoms with Gasteiger partial charge in [0.15, 0.2) is 5.76 Å². The van der Waals surface area contributed by atoms with Gasteiger partial charge in [-0.25, -0.2) is 20.0 Å². The lowest BCUT2D eigenvalue weighted by atomic mass is 10.1. The second kappa shape index (κ2) is 10.1. The number of aliphatic hydroxyl groups excluding tert-OH is 1. The number of aryl methyl sites for hydroxylation is 1. The molecule has 2 rings (SSSR count). The van der Waals surface area contributed by atoms with Crippen LogP contribution in [0.5, 0.6) is 0 Å². The van der Waals surface area contributed by atoms with Crippen LogP contribution < -0.4 is 5.43 Å². The fourth-order valence-corrected chi connectivity index (χ4v) is 3.24. The van der Waals surface area contributed by atoms with Crippen LogP contribution >= 0.6 is 0 Å². The molecule has 1 aromatic heterocycles. The van der Waals surface area contributed by atoms with Crippen molar-refractivity contribution in [3.8, 4) is 0 Å². The summed E-state index contributed by atoms with van der Waals surface area (Å²) in [5, 5.41) is 14.3. The molecule has 1 aliphatic rings. The topological polar surface area (TPSA) is 134 Å². The van der Waals surface area contributed by atoms with Gasteiger partial charge in [0.25, 0.3) is 5.91 Å². The molecule has 0 radical (unpaired) electrons.